The molecule has 1 heterocycles. The van der Waals surface area contributed by atoms with Crippen molar-refractivity contribution in [1.29, 1.82) is 0 Å². The average Bonchev–Trinajstić information content (AvgIpc) is 1.94. The van der Waals surface area contributed by atoms with Crippen LogP contribution in [0.15, 0.2) is 30.5 Å². The highest BCUT2D eigenvalue weighted by molar-refractivity contribution is 6.01. The first kappa shape index (κ1) is 77.8. The Bertz CT molecular complexity index is 2920. The first-order valence-corrected chi connectivity index (χ1v) is 29.5. The number of carbonyl (C=O) groups excluding carboxylic acids is 12. The first-order chi connectivity index (χ1) is 42.6. The molecule has 0 radical (unpaired) electrons. The third-order valence-corrected chi connectivity index (χ3v) is 14.1. The van der Waals surface area contributed by atoms with E-state index in [2.05, 4.69) is 52.8 Å². The van der Waals surface area contributed by atoms with Gasteiger partial charge in [0.15, 0.2) is 0 Å². The van der Waals surface area contributed by atoms with Crippen LogP contribution in [-0.2, 0) is 78.3 Å². The summed E-state index contributed by atoms with van der Waals surface area (Å²) in [7, 11) is 0. The molecule has 0 aliphatic carbocycles. The van der Waals surface area contributed by atoms with Crippen LogP contribution in [-0.4, -0.2) is 194 Å². The number of nitrogens with two attached hydrogens (primary N) is 4. The van der Waals surface area contributed by atoms with E-state index in [1.807, 2.05) is 23.5 Å². The van der Waals surface area contributed by atoms with E-state index in [1.54, 1.807) is 46.9 Å². The number of hydrogen-bond acceptors (Lipinski definition) is 18. The highest BCUT2D eigenvalue weighted by Gasteiger charge is 2.38. The van der Waals surface area contributed by atoms with Gasteiger partial charge in [-0.25, -0.2) is 0 Å². The number of hydrogen-bond donors (Lipinski definition) is 19. The molecule has 0 spiro atoms. The van der Waals surface area contributed by atoms with Crippen molar-refractivity contribution in [1.82, 2.24) is 58.2 Å². The number of rotatable bonds is 42. The summed E-state index contributed by atoms with van der Waals surface area (Å²) in [6.45, 7) is 9.89. The van der Waals surface area contributed by atoms with Crippen molar-refractivity contribution in [3.05, 3.63) is 36.0 Å². The van der Waals surface area contributed by atoms with E-state index < -0.39 is 199 Å². The van der Waals surface area contributed by atoms with Crippen LogP contribution in [0.4, 0.5) is 0 Å². The van der Waals surface area contributed by atoms with E-state index in [-0.39, 0.29) is 51.0 Å². The van der Waals surface area contributed by atoms with Crippen molar-refractivity contribution in [2.75, 3.05) is 13.2 Å². The van der Waals surface area contributed by atoms with E-state index in [9.17, 15) is 92.3 Å². The van der Waals surface area contributed by atoms with E-state index in [1.165, 1.54) is 6.92 Å². The fraction of sp³-hybridized carbons (Fsp3) is 0.596. The number of aromatic amines is 1. The lowest BCUT2D eigenvalue weighted by Gasteiger charge is -2.30. The molecule has 0 unspecified atom stereocenters. The summed E-state index contributed by atoms with van der Waals surface area (Å²) in [6, 6.07) is -11.1. The topological polar surface area (TPSA) is 577 Å². The van der Waals surface area contributed by atoms with Gasteiger partial charge in [-0.15, -0.1) is 0 Å². The number of aliphatic hydroxyl groups is 1. The number of benzene rings is 1. The molecule has 91 heavy (non-hydrogen) atoms. The molecule has 0 saturated carbocycles. The lowest BCUT2D eigenvalue weighted by Crippen LogP contribution is -2.62. The molecular formula is C57H89N15O19. The van der Waals surface area contributed by atoms with Crippen LogP contribution in [0.2, 0.25) is 0 Å². The second-order valence-electron chi connectivity index (χ2n) is 22.9. The maximum absolute atomic E-state index is 14.3. The molecule has 1 aromatic heterocycles. The normalized spacial score (nSPS) is 15.2. The maximum atomic E-state index is 14.3. The molecule has 12 amide bonds. The second kappa shape index (κ2) is 38.3. The van der Waals surface area contributed by atoms with Gasteiger partial charge in [-0.3, -0.25) is 71.9 Å². The van der Waals surface area contributed by atoms with Gasteiger partial charge in [-0.05, 0) is 81.4 Å². The Hall–Kier alpha value is -9.31. The Morgan fingerprint density at radius 3 is 1.33 bits per heavy atom. The molecule has 12 atom stereocenters. The average molecular weight is 1290 g/mol. The number of nitrogens with one attached hydrogen (secondary N) is 11. The number of H-pyrrole nitrogens is 1. The molecular weight excluding hydrogens is 1200 g/mol. The number of amides is 12. The van der Waals surface area contributed by atoms with Gasteiger partial charge in [0.2, 0.25) is 70.9 Å². The van der Waals surface area contributed by atoms with E-state index in [4.69, 9.17) is 22.9 Å². The Balaban J connectivity index is 2.39. The number of primary amides is 2. The van der Waals surface area contributed by atoms with Gasteiger partial charge in [-0.1, -0.05) is 66.2 Å². The molecule has 0 bridgehead atoms. The zero-order chi connectivity index (χ0) is 69.0. The molecule has 0 aliphatic heterocycles. The Morgan fingerprint density at radius 1 is 0.495 bits per heavy atom. The summed E-state index contributed by atoms with van der Waals surface area (Å²) < 4.78 is 0. The van der Waals surface area contributed by atoms with E-state index in [0.29, 0.717) is 12.0 Å². The smallest absolute Gasteiger partial charge is 0.325 e. The highest BCUT2D eigenvalue weighted by Crippen LogP contribution is 2.19. The van der Waals surface area contributed by atoms with E-state index >= 15 is 0 Å². The maximum Gasteiger partial charge on any atom is 0.325 e. The number of para-hydroxylation sites is 1. The summed E-state index contributed by atoms with van der Waals surface area (Å²) in [4.78, 5) is 200. The van der Waals surface area contributed by atoms with Gasteiger partial charge >= 0.3 is 17.9 Å². The molecule has 1 aromatic carbocycles. The lowest BCUT2D eigenvalue weighted by atomic mass is 9.96. The number of aliphatic carboxylic acids is 3. The predicted molar refractivity (Wildman–Crippen MR) is 323 cm³/mol. The van der Waals surface area contributed by atoms with Gasteiger partial charge < -0.3 is 102 Å². The summed E-state index contributed by atoms with van der Waals surface area (Å²) in [6.07, 6.45) is -1.96. The summed E-state index contributed by atoms with van der Waals surface area (Å²) in [5, 5.41) is 62.8. The number of carbonyl (C=O) groups is 15. The van der Waals surface area contributed by atoms with Crippen LogP contribution >= 0.6 is 0 Å². The highest BCUT2D eigenvalue weighted by atomic mass is 16.4. The second-order valence-corrected chi connectivity index (χ2v) is 22.9. The minimum absolute atomic E-state index is 0.0121. The van der Waals surface area contributed by atoms with Crippen molar-refractivity contribution in [2.45, 2.75) is 186 Å². The fourth-order valence-corrected chi connectivity index (χ4v) is 9.09. The van der Waals surface area contributed by atoms with Crippen LogP contribution in [0.1, 0.15) is 118 Å². The molecule has 23 N–H and O–H groups in total. The number of carboxylic acid groups (broad SMARTS) is 3. The molecule has 34 heteroatoms. The van der Waals surface area contributed by atoms with Crippen molar-refractivity contribution < 1.29 is 92.3 Å². The zero-order valence-electron chi connectivity index (χ0n) is 51.9. The monoisotopic (exact) mass is 1290 g/mol. The summed E-state index contributed by atoms with van der Waals surface area (Å²) in [5.74, 6) is -19.7. The predicted octanol–water partition coefficient (Wildman–Crippen LogP) is -5.05. The molecule has 0 aliphatic rings. The molecule has 34 nitrogen and oxygen atoms in total. The standard InChI is InChI=1S/C57H89N15O19/c1-8-28(6)46(56(89)70-40(23-45(78)79)54(87)68-38(21-43(61)75)52(85)66-36(18-27(4)5)51(84)69-39(22-44(76)77)49(82)63-29(7)57(90)91)72-48(81)34(15-11-12-16-58)64-50(83)35(17-26(2)3)67-55(88)41(25-73)71-53(86)37(20-42(60)74)65-47(80)32(59)19-30-24-62-33-14-10-9-13-31(30)33/h9-10,13-14,24,26-29,32,34-41,46,62,73H,8,11-12,15-23,25,58-59H2,1-7H3,(H2,60,74)(H2,61,75)(H,63,82)(H,64,83)(H,65,80)(H,66,85)(H,67,88)(H,68,87)(H,69,84)(H,70,89)(H,71,86)(H,72,81)(H,76,77)(H,78,79)(H,90,91)/t28-,29-,32-,34-,35-,36-,37-,38-,39-,40-,41-,46-/m0/s1. The lowest BCUT2D eigenvalue weighted by molar-refractivity contribution is -0.143. The van der Waals surface area contributed by atoms with Gasteiger partial charge in [0.1, 0.15) is 60.4 Å². The van der Waals surface area contributed by atoms with Crippen LogP contribution in [0.3, 0.4) is 0 Å². The van der Waals surface area contributed by atoms with Crippen molar-refractivity contribution in [3.8, 4) is 0 Å². The molecule has 2 aromatic rings. The molecule has 0 fully saturated rings. The Kier molecular flexibility index (Phi) is 32.7. The van der Waals surface area contributed by atoms with Gasteiger partial charge in [0.05, 0.1) is 38.3 Å². The number of unbranched alkanes of at least 4 members (excludes halogenated alkanes) is 1. The van der Waals surface area contributed by atoms with Gasteiger partial charge in [-0.2, -0.15) is 0 Å². The van der Waals surface area contributed by atoms with Crippen LogP contribution in [0.5, 0.6) is 0 Å². The fourth-order valence-electron chi connectivity index (χ4n) is 9.09. The largest absolute Gasteiger partial charge is 0.481 e. The van der Waals surface area contributed by atoms with Crippen LogP contribution in [0, 0.1) is 17.8 Å². The van der Waals surface area contributed by atoms with E-state index in [0.717, 1.165) is 17.8 Å². The van der Waals surface area contributed by atoms with Crippen LogP contribution < -0.4 is 76.1 Å². The summed E-state index contributed by atoms with van der Waals surface area (Å²) >= 11 is 0. The molecule has 506 valence electrons. The summed E-state index contributed by atoms with van der Waals surface area (Å²) in [5.41, 5.74) is 24.2. The van der Waals surface area contributed by atoms with Crippen molar-refractivity contribution in [2.24, 2.45) is 40.7 Å². The quantitative estimate of drug-likeness (QED) is 0.0277. The van der Waals surface area contributed by atoms with Crippen molar-refractivity contribution in [3.63, 3.8) is 0 Å². The number of fused-ring (bicyclic) bond motifs is 1. The Morgan fingerprint density at radius 2 is 0.890 bits per heavy atom. The first-order valence-electron chi connectivity index (χ1n) is 29.5. The Labute approximate surface area is 524 Å². The van der Waals surface area contributed by atoms with Gasteiger partial charge in [0.25, 0.3) is 0 Å². The third kappa shape index (κ3) is 27.1. The van der Waals surface area contributed by atoms with Crippen molar-refractivity contribution >= 4 is 99.7 Å². The third-order valence-electron chi connectivity index (χ3n) is 14.1. The molecule has 0 saturated heterocycles. The zero-order valence-corrected chi connectivity index (χ0v) is 51.9. The SMILES string of the molecule is CC[C@H](C)[C@H](NC(=O)[C@H](CCCCN)NC(=O)[C@H](CC(C)C)NC(=O)[C@H](CO)NC(=O)[C@H](CC(N)=O)NC(=O)[C@@H](N)Cc1c[nH]c2ccccc12)C(=O)N[C@@H](CC(=O)O)C(=O)N[C@@H](CC(N)=O)C(=O)N[C@@H](CC(C)C)C(=O)N[C@@H](CC(=O)O)C(=O)N[C@@H](C)C(=O)O. The minimum atomic E-state index is -2.06. The number of aliphatic hydroxyl groups excluding tert-OH is 1. The van der Waals surface area contributed by atoms with Crippen LogP contribution in [0.25, 0.3) is 10.9 Å². The van der Waals surface area contributed by atoms with Gasteiger partial charge in [0, 0.05) is 17.1 Å². The molecule has 2 rings (SSSR count). The minimum Gasteiger partial charge on any atom is -0.481 e. The number of aromatic nitrogens is 1. The number of carboxylic acids is 3.